The maximum atomic E-state index is 10.9. The van der Waals surface area contributed by atoms with Crippen LogP contribution in [0.5, 0.6) is 5.75 Å². The fourth-order valence-electron chi connectivity index (χ4n) is 1.61. The van der Waals surface area contributed by atoms with Crippen LogP contribution in [0.3, 0.4) is 0 Å². The third-order valence-corrected chi connectivity index (χ3v) is 2.55. The summed E-state index contributed by atoms with van der Waals surface area (Å²) in [6.45, 7) is 0. The van der Waals surface area contributed by atoms with Crippen molar-refractivity contribution in [2.45, 2.75) is 0 Å². The second-order valence-corrected chi connectivity index (χ2v) is 3.69. The number of carbonyl (C=O) groups is 1. The van der Waals surface area contributed by atoms with E-state index >= 15 is 0 Å². The van der Waals surface area contributed by atoms with Crippen LogP contribution in [0.15, 0.2) is 18.3 Å². The highest BCUT2D eigenvalue weighted by Crippen LogP contribution is 2.32. The van der Waals surface area contributed by atoms with Crippen molar-refractivity contribution < 1.29 is 15.0 Å². The zero-order valence-electron chi connectivity index (χ0n) is 7.86. The molecular formula is C10H8ClNO3. The van der Waals surface area contributed by atoms with Gasteiger partial charge in [0.2, 0.25) is 0 Å². The number of phenolic OH excluding ortho intramolecular Hbond substituents is 1. The van der Waals surface area contributed by atoms with Crippen molar-refractivity contribution in [3.05, 3.63) is 28.9 Å². The second kappa shape index (κ2) is 3.17. The van der Waals surface area contributed by atoms with Gasteiger partial charge in [0, 0.05) is 24.7 Å². The predicted octanol–water partition coefficient (Wildman–Crippen LogP) is 2.24. The summed E-state index contributed by atoms with van der Waals surface area (Å²) in [6, 6.07) is 2.81. The van der Waals surface area contributed by atoms with Crippen molar-refractivity contribution >= 4 is 28.5 Å². The Balaban J connectivity index is 2.93. The predicted molar refractivity (Wildman–Crippen MR) is 56.6 cm³/mol. The van der Waals surface area contributed by atoms with Gasteiger partial charge in [0.25, 0.3) is 0 Å². The van der Waals surface area contributed by atoms with E-state index in [1.807, 2.05) is 0 Å². The lowest BCUT2D eigenvalue weighted by molar-refractivity contribution is 0.0699. The second-order valence-electron chi connectivity index (χ2n) is 3.28. The van der Waals surface area contributed by atoms with E-state index in [4.69, 9.17) is 16.7 Å². The van der Waals surface area contributed by atoms with E-state index in [1.54, 1.807) is 11.6 Å². The minimum Gasteiger partial charge on any atom is -0.508 e. The number of rotatable bonds is 1. The number of aromatic nitrogens is 1. The molecular weight excluding hydrogens is 218 g/mol. The molecule has 78 valence electrons. The summed E-state index contributed by atoms with van der Waals surface area (Å²) in [7, 11) is 1.70. The van der Waals surface area contributed by atoms with E-state index < -0.39 is 5.97 Å². The van der Waals surface area contributed by atoms with Gasteiger partial charge in [0.1, 0.15) is 5.75 Å². The summed E-state index contributed by atoms with van der Waals surface area (Å²) in [6.07, 6.45) is 1.47. The SMILES string of the molecule is Cn1cc(C(=O)O)c2c(Cl)cc(O)cc21. The number of aromatic hydroxyl groups is 1. The highest BCUT2D eigenvalue weighted by atomic mass is 35.5. The third-order valence-electron chi connectivity index (χ3n) is 2.26. The number of hydrogen-bond acceptors (Lipinski definition) is 2. The number of carboxylic acid groups (broad SMARTS) is 1. The quantitative estimate of drug-likeness (QED) is 0.782. The molecule has 15 heavy (non-hydrogen) atoms. The van der Waals surface area contributed by atoms with Crippen molar-refractivity contribution in [3.63, 3.8) is 0 Å². The number of aromatic carboxylic acids is 1. The normalized spacial score (nSPS) is 10.8. The summed E-state index contributed by atoms with van der Waals surface area (Å²) < 4.78 is 1.62. The van der Waals surface area contributed by atoms with Crippen LogP contribution in [0.4, 0.5) is 0 Å². The molecule has 0 amide bonds. The van der Waals surface area contributed by atoms with Gasteiger partial charge in [-0.15, -0.1) is 0 Å². The molecule has 0 saturated carbocycles. The van der Waals surface area contributed by atoms with Crippen LogP contribution in [0.1, 0.15) is 10.4 Å². The van der Waals surface area contributed by atoms with Crippen LogP contribution in [0, 0.1) is 0 Å². The Labute approximate surface area is 90.3 Å². The molecule has 0 atom stereocenters. The third kappa shape index (κ3) is 1.43. The van der Waals surface area contributed by atoms with Gasteiger partial charge in [-0.1, -0.05) is 11.6 Å². The average Bonchev–Trinajstić information content (AvgIpc) is 2.44. The number of halogens is 1. The van der Waals surface area contributed by atoms with Crippen LogP contribution in [-0.2, 0) is 7.05 Å². The molecule has 0 aliphatic rings. The first-order valence-electron chi connectivity index (χ1n) is 4.21. The molecule has 0 aliphatic heterocycles. The Morgan fingerprint density at radius 1 is 1.47 bits per heavy atom. The molecule has 0 unspecified atom stereocenters. The lowest BCUT2D eigenvalue weighted by Crippen LogP contribution is -1.94. The lowest BCUT2D eigenvalue weighted by Gasteiger charge is -1.99. The molecule has 2 N–H and O–H groups in total. The Kier molecular flexibility index (Phi) is 2.08. The monoisotopic (exact) mass is 225 g/mol. The van der Waals surface area contributed by atoms with E-state index in [1.165, 1.54) is 18.3 Å². The number of fused-ring (bicyclic) bond motifs is 1. The maximum Gasteiger partial charge on any atom is 0.337 e. The molecule has 0 saturated heterocycles. The van der Waals surface area contributed by atoms with E-state index in [0.717, 1.165) is 0 Å². The first-order chi connectivity index (χ1) is 7.00. The summed E-state index contributed by atoms with van der Waals surface area (Å²) in [5.41, 5.74) is 0.731. The fraction of sp³-hybridized carbons (Fsp3) is 0.100. The van der Waals surface area contributed by atoms with Gasteiger partial charge >= 0.3 is 5.97 Å². The van der Waals surface area contributed by atoms with Crippen molar-refractivity contribution in [1.82, 2.24) is 4.57 Å². The summed E-state index contributed by atoms with van der Waals surface area (Å²) in [5, 5.41) is 19.0. The topological polar surface area (TPSA) is 62.5 Å². The van der Waals surface area contributed by atoms with Crippen molar-refractivity contribution in [3.8, 4) is 5.75 Å². The van der Waals surface area contributed by atoms with Crippen LogP contribution in [0.2, 0.25) is 5.02 Å². The van der Waals surface area contributed by atoms with Crippen molar-refractivity contribution in [2.24, 2.45) is 7.05 Å². The summed E-state index contributed by atoms with van der Waals surface area (Å²) in [4.78, 5) is 10.9. The highest BCUT2D eigenvalue weighted by molar-refractivity contribution is 6.37. The molecule has 0 spiro atoms. The molecule has 0 aliphatic carbocycles. The van der Waals surface area contributed by atoms with Gasteiger partial charge in [-0.05, 0) is 6.07 Å². The minimum absolute atomic E-state index is 0.0191. The zero-order valence-corrected chi connectivity index (χ0v) is 8.62. The van der Waals surface area contributed by atoms with Gasteiger partial charge < -0.3 is 14.8 Å². The van der Waals surface area contributed by atoms with Gasteiger partial charge in [0.05, 0.1) is 16.1 Å². The number of carboxylic acids is 1. The Hall–Kier alpha value is -1.68. The zero-order chi connectivity index (χ0) is 11.2. The largest absolute Gasteiger partial charge is 0.508 e. The van der Waals surface area contributed by atoms with E-state index in [9.17, 15) is 9.90 Å². The first kappa shape index (κ1) is 9.86. The Morgan fingerprint density at radius 3 is 2.73 bits per heavy atom. The minimum atomic E-state index is -1.03. The molecule has 0 bridgehead atoms. The molecule has 5 heteroatoms. The fourth-order valence-corrected chi connectivity index (χ4v) is 1.92. The molecule has 0 radical (unpaired) electrons. The van der Waals surface area contributed by atoms with Crippen LogP contribution in [-0.4, -0.2) is 20.7 Å². The number of phenols is 1. The molecule has 4 nitrogen and oxygen atoms in total. The Bertz CT molecular complexity index is 559. The number of benzene rings is 1. The van der Waals surface area contributed by atoms with E-state index in [2.05, 4.69) is 0 Å². The number of aryl methyl sites for hydroxylation is 1. The number of hydrogen-bond donors (Lipinski definition) is 2. The van der Waals surface area contributed by atoms with Crippen molar-refractivity contribution in [2.75, 3.05) is 0 Å². The molecule has 2 aromatic rings. The van der Waals surface area contributed by atoms with Crippen LogP contribution < -0.4 is 0 Å². The van der Waals surface area contributed by atoms with Crippen LogP contribution in [0.25, 0.3) is 10.9 Å². The standard InChI is InChI=1S/C10H8ClNO3/c1-12-4-6(10(14)15)9-7(11)2-5(13)3-8(9)12/h2-4,13H,1H3,(H,14,15). The molecule has 0 fully saturated rings. The van der Waals surface area contributed by atoms with Gasteiger partial charge in [0.15, 0.2) is 0 Å². The average molecular weight is 226 g/mol. The molecule has 1 heterocycles. The number of nitrogens with zero attached hydrogens (tertiary/aromatic N) is 1. The van der Waals surface area contributed by atoms with Crippen molar-refractivity contribution in [1.29, 1.82) is 0 Å². The lowest BCUT2D eigenvalue weighted by atomic mass is 10.1. The first-order valence-corrected chi connectivity index (χ1v) is 4.59. The molecule has 2 rings (SSSR count). The smallest absolute Gasteiger partial charge is 0.337 e. The summed E-state index contributed by atoms with van der Waals surface area (Å²) in [5.74, 6) is -1.01. The van der Waals surface area contributed by atoms with E-state index in [-0.39, 0.29) is 16.3 Å². The van der Waals surface area contributed by atoms with E-state index in [0.29, 0.717) is 10.9 Å². The Morgan fingerprint density at radius 2 is 2.13 bits per heavy atom. The molecule has 1 aromatic carbocycles. The van der Waals surface area contributed by atoms with Crippen LogP contribution >= 0.6 is 11.6 Å². The summed E-state index contributed by atoms with van der Waals surface area (Å²) >= 11 is 5.89. The van der Waals surface area contributed by atoms with Gasteiger partial charge in [-0.3, -0.25) is 0 Å². The van der Waals surface area contributed by atoms with Gasteiger partial charge in [-0.25, -0.2) is 4.79 Å². The highest BCUT2D eigenvalue weighted by Gasteiger charge is 2.16. The van der Waals surface area contributed by atoms with Gasteiger partial charge in [-0.2, -0.15) is 0 Å². The maximum absolute atomic E-state index is 10.9. The molecule has 1 aromatic heterocycles.